The quantitative estimate of drug-likeness (QED) is 0.556. The highest BCUT2D eigenvalue weighted by molar-refractivity contribution is 5.06. The number of rotatable bonds is 2. The number of hydrogen-bond acceptors (Lipinski definition) is 0. The van der Waals surface area contributed by atoms with E-state index in [-0.39, 0.29) is 0 Å². The second-order valence-corrected chi connectivity index (χ2v) is 4.79. The summed E-state index contributed by atoms with van der Waals surface area (Å²) in [4.78, 5) is 0. The van der Waals surface area contributed by atoms with Gasteiger partial charge in [-0.05, 0) is 50.9 Å². The van der Waals surface area contributed by atoms with Gasteiger partial charge >= 0.3 is 0 Å². The molecule has 3 atom stereocenters. The zero-order valence-electron chi connectivity index (χ0n) is 9.27. The van der Waals surface area contributed by atoms with Gasteiger partial charge < -0.3 is 0 Å². The van der Waals surface area contributed by atoms with Gasteiger partial charge in [-0.2, -0.15) is 0 Å². The van der Waals surface area contributed by atoms with Gasteiger partial charge in [-0.3, -0.25) is 0 Å². The van der Waals surface area contributed by atoms with Gasteiger partial charge in [-0.1, -0.05) is 31.2 Å². The fraction of sp³-hybridized carbons (Fsp3) is 0.692. The maximum Gasteiger partial charge on any atom is -0.0177 e. The molecule has 0 nitrogen and oxygen atoms in total. The van der Waals surface area contributed by atoms with E-state index < -0.39 is 0 Å². The molecule has 0 heterocycles. The maximum absolute atomic E-state index is 4.09. The first-order valence-electron chi connectivity index (χ1n) is 5.33. The Morgan fingerprint density at radius 2 is 1.69 bits per heavy atom. The van der Waals surface area contributed by atoms with Crippen molar-refractivity contribution in [2.75, 3.05) is 0 Å². The molecule has 0 unspecified atom stereocenters. The minimum atomic E-state index is 0.732. The minimum Gasteiger partial charge on any atom is -0.0999 e. The van der Waals surface area contributed by atoms with E-state index in [1.54, 1.807) is 0 Å². The van der Waals surface area contributed by atoms with E-state index in [0.717, 1.165) is 17.8 Å². The van der Waals surface area contributed by atoms with Crippen LogP contribution in [0, 0.1) is 17.8 Å². The number of allylic oxidation sites excluding steroid dienone is 2. The summed E-state index contributed by atoms with van der Waals surface area (Å²) in [6, 6.07) is 0. The van der Waals surface area contributed by atoms with Crippen molar-refractivity contribution in [3.8, 4) is 0 Å². The second kappa shape index (κ2) is 4.13. The van der Waals surface area contributed by atoms with Gasteiger partial charge in [-0.15, -0.1) is 0 Å². The van der Waals surface area contributed by atoms with Crippen LogP contribution >= 0.6 is 0 Å². The largest absolute Gasteiger partial charge is 0.0999 e. The van der Waals surface area contributed by atoms with Crippen LogP contribution in [0.4, 0.5) is 0 Å². The SMILES string of the molecule is C=C(C)[C@H]1CC[C@H](C)[C@@H](C(=C)C)C1. The van der Waals surface area contributed by atoms with Crippen molar-refractivity contribution < 1.29 is 0 Å². The van der Waals surface area contributed by atoms with Gasteiger partial charge in [0.2, 0.25) is 0 Å². The van der Waals surface area contributed by atoms with E-state index in [1.807, 2.05) is 0 Å². The van der Waals surface area contributed by atoms with Gasteiger partial charge in [0.25, 0.3) is 0 Å². The molecule has 0 heteroatoms. The van der Waals surface area contributed by atoms with Gasteiger partial charge in [-0.25, -0.2) is 0 Å². The highest BCUT2D eigenvalue weighted by Crippen LogP contribution is 2.39. The zero-order valence-corrected chi connectivity index (χ0v) is 9.27. The average Bonchev–Trinajstić information content (AvgIpc) is 2.04. The second-order valence-electron chi connectivity index (χ2n) is 4.79. The van der Waals surface area contributed by atoms with Crippen molar-refractivity contribution in [1.82, 2.24) is 0 Å². The van der Waals surface area contributed by atoms with Gasteiger partial charge in [0.15, 0.2) is 0 Å². The fourth-order valence-electron chi connectivity index (χ4n) is 2.46. The highest BCUT2D eigenvalue weighted by atomic mass is 14.3. The van der Waals surface area contributed by atoms with Gasteiger partial charge in [0.05, 0.1) is 0 Å². The summed E-state index contributed by atoms with van der Waals surface area (Å²) in [5.74, 6) is 2.31. The molecule has 0 N–H and O–H groups in total. The van der Waals surface area contributed by atoms with E-state index >= 15 is 0 Å². The summed E-state index contributed by atoms with van der Waals surface area (Å²) in [5.41, 5.74) is 2.72. The molecule has 0 spiro atoms. The van der Waals surface area contributed by atoms with Crippen LogP contribution in [0.5, 0.6) is 0 Å². The maximum atomic E-state index is 4.09. The van der Waals surface area contributed by atoms with E-state index in [4.69, 9.17) is 0 Å². The van der Waals surface area contributed by atoms with Crippen LogP contribution < -0.4 is 0 Å². The highest BCUT2D eigenvalue weighted by Gasteiger charge is 2.28. The van der Waals surface area contributed by atoms with Crippen molar-refractivity contribution in [2.45, 2.75) is 40.0 Å². The van der Waals surface area contributed by atoms with Crippen LogP contribution in [-0.4, -0.2) is 0 Å². The van der Waals surface area contributed by atoms with Crippen molar-refractivity contribution in [3.05, 3.63) is 24.3 Å². The molecule has 0 aromatic heterocycles. The standard InChI is InChI=1S/C13H22/c1-9(2)12-7-6-11(5)13(8-12)10(3)4/h11-13H,1,3,6-8H2,2,4-5H3/t11-,12-,13+/m0/s1. The Morgan fingerprint density at radius 1 is 1.08 bits per heavy atom. The molecule has 0 aliphatic heterocycles. The smallest absolute Gasteiger partial charge is 0.0177 e. The van der Waals surface area contributed by atoms with Crippen LogP contribution in [0.25, 0.3) is 0 Å². The molecule has 1 rings (SSSR count). The van der Waals surface area contributed by atoms with Crippen molar-refractivity contribution in [3.63, 3.8) is 0 Å². The van der Waals surface area contributed by atoms with Crippen LogP contribution in [0.3, 0.4) is 0 Å². The van der Waals surface area contributed by atoms with Gasteiger partial charge in [0, 0.05) is 0 Å². The van der Waals surface area contributed by atoms with Crippen molar-refractivity contribution in [2.24, 2.45) is 17.8 Å². The van der Waals surface area contributed by atoms with Crippen LogP contribution in [0.15, 0.2) is 24.3 Å². The molecule has 0 amide bonds. The minimum absolute atomic E-state index is 0.732. The third-order valence-electron chi connectivity index (χ3n) is 3.53. The third-order valence-corrected chi connectivity index (χ3v) is 3.53. The molecule has 0 aromatic carbocycles. The summed E-state index contributed by atoms with van der Waals surface area (Å²) >= 11 is 0. The first-order chi connectivity index (χ1) is 6.02. The van der Waals surface area contributed by atoms with Crippen LogP contribution in [-0.2, 0) is 0 Å². The Kier molecular flexibility index (Phi) is 3.35. The monoisotopic (exact) mass is 178 g/mol. The fourth-order valence-corrected chi connectivity index (χ4v) is 2.46. The molecule has 1 aliphatic rings. The molecule has 74 valence electrons. The first-order valence-corrected chi connectivity index (χ1v) is 5.33. The lowest BCUT2D eigenvalue weighted by atomic mass is 9.70. The van der Waals surface area contributed by atoms with E-state index in [1.165, 1.54) is 30.4 Å². The first kappa shape index (κ1) is 10.6. The Balaban J connectivity index is 2.63. The molecule has 1 saturated carbocycles. The number of hydrogen-bond donors (Lipinski definition) is 0. The molecule has 13 heavy (non-hydrogen) atoms. The molecule has 0 saturated heterocycles. The zero-order chi connectivity index (χ0) is 10.0. The van der Waals surface area contributed by atoms with Crippen molar-refractivity contribution in [1.29, 1.82) is 0 Å². The lowest BCUT2D eigenvalue weighted by Crippen LogP contribution is -2.24. The topological polar surface area (TPSA) is 0 Å². The van der Waals surface area contributed by atoms with Gasteiger partial charge in [0.1, 0.15) is 0 Å². The predicted octanol–water partition coefficient (Wildman–Crippen LogP) is 4.19. The van der Waals surface area contributed by atoms with Crippen LogP contribution in [0.2, 0.25) is 0 Å². The summed E-state index contributed by atoms with van der Waals surface area (Å²) in [6.45, 7) is 14.8. The van der Waals surface area contributed by atoms with Crippen molar-refractivity contribution >= 4 is 0 Å². The molecule has 1 aliphatic carbocycles. The lowest BCUT2D eigenvalue weighted by Gasteiger charge is -2.35. The Bertz CT molecular complexity index is 212. The average molecular weight is 178 g/mol. The summed E-state index contributed by atoms with van der Waals surface area (Å²) in [6.07, 6.45) is 3.96. The Labute approximate surface area is 82.7 Å². The molecular weight excluding hydrogens is 156 g/mol. The molecule has 0 bridgehead atoms. The molecule has 0 aromatic rings. The normalized spacial score (nSPS) is 34.2. The lowest BCUT2D eigenvalue weighted by molar-refractivity contribution is 0.244. The summed E-state index contributed by atoms with van der Waals surface area (Å²) in [7, 11) is 0. The molecule has 0 radical (unpaired) electrons. The Hall–Kier alpha value is -0.520. The van der Waals surface area contributed by atoms with E-state index in [2.05, 4.69) is 33.9 Å². The summed E-state index contributed by atoms with van der Waals surface area (Å²) in [5, 5.41) is 0. The van der Waals surface area contributed by atoms with Crippen LogP contribution in [0.1, 0.15) is 40.0 Å². The van der Waals surface area contributed by atoms with E-state index in [0.29, 0.717) is 0 Å². The third kappa shape index (κ3) is 2.46. The molecular formula is C13H22. The summed E-state index contributed by atoms with van der Waals surface area (Å²) < 4.78 is 0. The Morgan fingerprint density at radius 3 is 2.15 bits per heavy atom. The predicted molar refractivity (Wildman–Crippen MR) is 59.6 cm³/mol. The van der Waals surface area contributed by atoms with E-state index in [9.17, 15) is 0 Å². The molecule has 1 fully saturated rings.